The second-order valence-corrected chi connectivity index (χ2v) is 2.62. The molecule has 0 fully saturated rings. The quantitative estimate of drug-likeness (QED) is 0.532. The highest BCUT2D eigenvalue weighted by atomic mass is 35.5. The Morgan fingerprint density at radius 3 is 3.08 bits per heavy atom. The summed E-state index contributed by atoms with van der Waals surface area (Å²) in [7, 11) is 0. The summed E-state index contributed by atoms with van der Waals surface area (Å²) < 4.78 is 4.89. The van der Waals surface area contributed by atoms with Gasteiger partial charge in [0.25, 0.3) is 0 Å². The lowest BCUT2D eigenvalue weighted by molar-refractivity contribution is 0.110. The summed E-state index contributed by atoms with van der Waals surface area (Å²) in [4.78, 5) is 10.4. The number of allylic oxidation sites excluding steroid dienone is 1. The summed E-state index contributed by atoms with van der Waals surface area (Å²) in [5.41, 5.74) is 0.801. The minimum absolute atomic E-state index is 0.362. The second-order valence-electron chi connectivity index (χ2n) is 2.24. The highest BCUT2D eigenvalue weighted by molar-refractivity contribution is 6.17. The van der Waals surface area contributed by atoms with Gasteiger partial charge in [0.05, 0.1) is 6.26 Å². The van der Waals surface area contributed by atoms with E-state index < -0.39 is 0 Å². The molecular weight excluding hydrogens is 176 g/mol. The minimum atomic E-state index is 0.362. The van der Waals surface area contributed by atoms with Gasteiger partial charge in [0.2, 0.25) is 0 Å². The smallest absolute Gasteiger partial charge is 0.185 e. The topological polar surface area (TPSA) is 30.2 Å². The van der Waals surface area contributed by atoms with Crippen LogP contribution in [0.2, 0.25) is 0 Å². The van der Waals surface area contributed by atoms with Crippen LogP contribution in [0.3, 0.4) is 0 Å². The van der Waals surface area contributed by atoms with Gasteiger partial charge in [-0.1, -0.05) is 12.2 Å². The van der Waals surface area contributed by atoms with Gasteiger partial charge in [-0.3, -0.25) is 4.79 Å². The molecule has 1 rings (SSSR count). The number of furan rings is 1. The second kappa shape index (κ2) is 4.78. The van der Waals surface area contributed by atoms with E-state index in [1.807, 2.05) is 12.2 Å². The number of carbonyl (C=O) groups is 1. The van der Waals surface area contributed by atoms with Crippen LogP contribution >= 0.6 is 11.6 Å². The van der Waals surface area contributed by atoms with Gasteiger partial charge in [0.15, 0.2) is 12.0 Å². The zero-order valence-corrected chi connectivity index (χ0v) is 7.25. The number of hydrogen-bond acceptors (Lipinski definition) is 2. The van der Waals surface area contributed by atoms with Crippen LogP contribution in [0.1, 0.15) is 22.5 Å². The average Bonchev–Trinajstić information content (AvgIpc) is 2.52. The van der Waals surface area contributed by atoms with Crippen molar-refractivity contribution in [1.82, 2.24) is 0 Å². The first-order valence-electron chi connectivity index (χ1n) is 3.63. The van der Waals surface area contributed by atoms with Crippen LogP contribution < -0.4 is 0 Å². The normalized spacial score (nSPS) is 10.8. The maximum Gasteiger partial charge on any atom is 0.185 e. The molecular formula is C9H9ClO2. The lowest BCUT2D eigenvalue weighted by Crippen LogP contribution is -1.77. The molecule has 0 saturated carbocycles. The SMILES string of the molecule is O=Cc1occc1C=CCCCl. The van der Waals surface area contributed by atoms with Gasteiger partial charge in [-0.2, -0.15) is 0 Å². The van der Waals surface area contributed by atoms with Gasteiger partial charge >= 0.3 is 0 Å². The molecule has 0 bridgehead atoms. The molecule has 2 nitrogen and oxygen atoms in total. The van der Waals surface area contributed by atoms with Crippen LogP contribution in [0, 0.1) is 0 Å². The Morgan fingerprint density at radius 2 is 2.42 bits per heavy atom. The van der Waals surface area contributed by atoms with E-state index in [1.54, 1.807) is 6.07 Å². The van der Waals surface area contributed by atoms with E-state index in [0.717, 1.165) is 12.0 Å². The van der Waals surface area contributed by atoms with E-state index in [9.17, 15) is 4.79 Å². The summed E-state index contributed by atoms with van der Waals surface area (Å²) in [5, 5.41) is 0. The molecule has 12 heavy (non-hydrogen) atoms. The number of halogens is 1. The molecule has 1 heterocycles. The first-order valence-corrected chi connectivity index (χ1v) is 4.17. The van der Waals surface area contributed by atoms with E-state index in [0.29, 0.717) is 17.9 Å². The molecule has 0 aliphatic carbocycles. The Kier molecular flexibility index (Phi) is 3.61. The van der Waals surface area contributed by atoms with Gasteiger partial charge in [0, 0.05) is 11.4 Å². The molecule has 0 aromatic carbocycles. The van der Waals surface area contributed by atoms with Gasteiger partial charge in [-0.15, -0.1) is 11.6 Å². The van der Waals surface area contributed by atoms with Crippen molar-refractivity contribution < 1.29 is 9.21 Å². The molecule has 0 aliphatic rings. The first-order chi connectivity index (χ1) is 5.88. The Hall–Kier alpha value is -1.02. The lowest BCUT2D eigenvalue weighted by Gasteiger charge is -1.86. The molecule has 0 aliphatic heterocycles. The number of carbonyl (C=O) groups excluding carboxylic acids is 1. The van der Waals surface area contributed by atoms with Crippen molar-refractivity contribution in [3.8, 4) is 0 Å². The van der Waals surface area contributed by atoms with Gasteiger partial charge < -0.3 is 4.42 Å². The highest BCUT2D eigenvalue weighted by Crippen LogP contribution is 2.10. The zero-order valence-electron chi connectivity index (χ0n) is 6.50. The van der Waals surface area contributed by atoms with Crippen molar-refractivity contribution in [2.75, 3.05) is 5.88 Å². The van der Waals surface area contributed by atoms with Gasteiger partial charge in [-0.05, 0) is 12.5 Å². The van der Waals surface area contributed by atoms with E-state index in [-0.39, 0.29) is 0 Å². The fraction of sp³-hybridized carbons (Fsp3) is 0.222. The van der Waals surface area contributed by atoms with Crippen molar-refractivity contribution in [2.45, 2.75) is 6.42 Å². The van der Waals surface area contributed by atoms with E-state index in [2.05, 4.69) is 0 Å². The molecule has 0 radical (unpaired) electrons. The van der Waals surface area contributed by atoms with Gasteiger partial charge in [0.1, 0.15) is 0 Å². The molecule has 1 aromatic rings. The summed E-state index contributed by atoms with van der Waals surface area (Å²) >= 11 is 5.47. The van der Waals surface area contributed by atoms with Crippen LogP contribution in [0.25, 0.3) is 6.08 Å². The van der Waals surface area contributed by atoms with E-state index >= 15 is 0 Å². The van der Waals surface area contributed by atoms with Crippen molar-refractivity contribution in [1.29, 1.82) is 0 Å². The van der Waals surface area contributed by atoms with Crippen LogP contribution in [0.4, 0.5) is 0 Å². The molecule has 0 N–H and O–H groups in total. The monoisotopic (exact) mass is 184 g/mol. The average molecular weight is 185 g/mol. The van der Waals surface area contributed by atoms with Gasteiger partial charge in [-0.25, -0.2) is 0 Å². The first kappa shape index (κ1) is 9.07. The van der Waals surface area contributed by atoms with E-state index in [4.69, 9.17) is 16.0 Å². The standard InChI is InChI=1S/C9H9ClO2/c10-5-2-1-3-8-4-6-12-9(8)7-11/h1,3-4,6-7H,2,5H2. The minimum Gasteiger partial charge on any atom is -0.461 e. The number of aldehydes is 1. The fourth-order valence-electron chi connectivity index (χ4n) is 0.838. The highest BCUT2D eigenvalue weighted by Gasteiger charge is 1.99. The third-order valence-corrected chi connectivity index (χ3v) is 1.63. The van der Waals surface area contributed by atoms with Crippen molar-refractivity contribution >= 4 is 24.0 Å². The molecule has 0 atom stereocenters. The Morgan fingerprint density at radius 1 is 1.58 bits per heavy atom. The maximum absolute atomic E-state index is 10.4. The molecule has 64 valence electrons. The van der Waals surface area contributed by atoms with Crippen LogP contribution in [0.15, 0.2) is 22.8 Å². The summed E-state index contributed by atoms with van der Waals surface area (Å²) in [6.45, 7) is 0. The van der Waals surface area contributed by atoms with E-state index in [1.165, 1.54) is 6.26 Å². The lowest BCUT2D eigenvalue weighted by atomic mass is 10.2. The third kappa shape index (κ3) is 2.24. The van der Waals surface area contributed by atoms with Crippen LogP contribution in [0.5, 0.6) is 0 Å². The summed E-state index contributed by atoms with van der Waals surface area (Å²) in [6, 6.07) is 1.74. The maximum atomic E-state index is 10.4. The van der Waals surface area contributed by atoms with Crippen molar-refractivity contribution in [2.24, 2.45) is 0 Å². The Balaban J connectivity index is 2.67. The van der Waals surface area contributed by atoms with Crippen molar-refractivity contribution in [3.63, 3.8) is 0 Å². The number of alkyl halides is 1. The Bertz CT molecular complexity index is 276. The predicted octanol–water partition coefficient (Wildman–Crippen LogP) is 2.73. The molecule has 0 spiro atoms. The fourth-order valence-corrected chi connectivity index (χ4v) is 0.964. The Labute approximate surface area is 75.8 Å². The molecule has 3 heteroatoms. The zero-order chi connectivity index (χ0) is 8.81. The summed E-state index contributed by atoms with van der Waals surface area (Å²) in [6.07, 6.45) is 6.72. The molecule has 0 saturated heterocycles. The third-order valence-electron chi connectivity index (χ3n) is 1.41. The summed E-state index contributed by atoms with van der Waals surface area (Å²) in [5.74, 6) is 0.950. The number of rotatable bonds is 4. The van der Waals surface area contributed by atoms with Crippen LogP contribution in [-0.2, 0) is 0 Å². The number of hydrogen-bond donors (Lipinski definition) is 0. The largest absolute Gasteiger partial charge is 0.461 e. The van der Waals surface area contributed by atoms with Crippen LogP contribution in [-0.4, -0.2) is 12.2 Å². The molecule has 1 aromatic heterocycles. The predicted molar refractivity (Wildman–Crippen MR) is 48.5 cm³/mol. The van der Waals surface area contributed by atoms with Crippen molar-refractivity contribution in [3.05, 3.63) is 29.7 Å². The molecule has 0 unspecified atom stereocenters. The molecule has 0 amide bonds.